The Kier molecular flexibility index (Phi) is 5.36. The minimum absolute atomic E-state index is 0.0548. The summed E-state index contributed by atoms with van der Waals surface area (Å²) in [6.07, 6.45) is 1.34. The van der Waals surface area contributed by atoms with Gasteiger partial charge in [0.25, 0.3) is 5.91 Å². The van der Waals surface area contributed by atoms with Crippen molar-refractivity contribution >= 4 is 23.5 Å². The summed E-state index contributed by atoms with van der Waals surface area (Å²) < 4.78 is 0. The summed E-state index contributed by atoms with van der Waals surface area (Å²) in [5, 5.41) is 9.01. The molecule has 0 aromatic heterocycles. The second-order valence-electron chi connectivity index (χ2n) is 6.17. The molecule has 0 spiro atoms. The van der Waals surface area contributed by atoms with E-state index in [1.54, 1.807) is 29.2 Å². The molecule has 6 nitrogen and oxygen atoms in total. The van der Waals surface area contributed by atoms with Gasteiger partial charge < -0.3 is 14.9 Å². The van der Waals surface area contributed by atoms with E-state index in [0.717, 1.165) is 6.42 Å². The molecule has 0 unspecified atom stereocenters. The first-order valence-corrected chi connectivity index (χ1v) is 7.80. The second kappa shape index (κ2) is 7.26. The van der Waals surface area contributed by atoms with E-state index in [2.05, 4.69) is 0 Å². The van der Waals surface area contributed by atoms with Crippen molar-refractivity contribution in [3.8, 4) is 0 Å². The minimum Gasteiger partial charge on any atom is -0.480 e. The van der Waals surface area contributed by atoms with E-state index < -0.39 is 5.97 Å². The lowest BCUT2D eigenvalue weighted by molar-refractivity contribution is -0.137. The van der Waals surface area contributed by atoms with Crippen molar-refractivity contribution in [3.05, 3.63) is 29.8 Å². The minimum atomic E-state index is -1.04. The number of aliphatic carboxylic acids is 1. The topological polar surface area (TPSA) is 77.9 Å². The smallest absolute Gasteiger partial charge is 0.323 e. The largest absolute Gasteiger partial charge is 0.480 e. The zero-order valence-electron chi connectivity index (χ0n) is 13.5. The van der Waals surface area contributed by atoms with Crippen LogP contribution in [-0.2, 0) is 9.59 Å². The molecule has 1 aliphatic heterocycles. The highest BCUT2D eigenvalue weighted by Crippen LogP contribution is 2.23. The second-order valence-corrected chi connectivity index (χ2v) is 6.17. The molecule has 0 aliphatic carbocycles. The highest BCUT2D eigenvalue weighted by Gasteiger charge is 2.24. The normalized spacial score (nSPS) is 14.4. The summed E-state index contributed by atoms with van der Waals surface area (Å²) in [5.74, 6) is -1.14. The molecular weight excluding hydrogens is 296 g/mol. The molecule has 124 valence electrons. The Balaban J connectivity index is 2.23. The zero-order valence-corrected chi connectivity index (χ0v) is 13.5. The maximum atomic E-state index is 12.6. The van der Waals surface area contributed by atoms with Crippen LogP contribution in [0, 0.1) is 5.92 Å². The van der Waals surface area contributed by atoms with Gasteiger partial charge in [-0.05, 0) is 30.5 Å². The Morgan fingerprint density at radius 2 is 2.09 bits per heavy atom. The number of nitrogens with zero attached hydrogens (tertiary/aromatic N) is 2. The van der Waals surface area contributed by atoms with Gasteiger partial charge in [-0.25, -0.2) is 0 Å². The quantitative estimate of drug-likeness (QED) is 0.870. The van der Waals surface area contributed by atoms with Crippen molar-refractivity contribution < 1.29 is 19.5 Å². The highest BCUT2D eigenvalue weighted by atomic mass is 16.4. The Bertz CT molecular complexity index is 612. The molecular formula is C17H22N2O4. The van der Waals surface area contributed by atoms with Gasteiger partial charge in [-0.1, -0.05) is 19.9 Å². The number of benzene rings is 1. The average Bonchev–Trinajstić information content (AvgIpc) is 2.91. The summed E-state index contributed by atoms with van der Waals surface area (Å²) in [4.78, 5) is 38.5. The summed E-state index contributed by atoms with van der Waals surface area (Å²) in [7, 11) is 0. The number of carboxylic acids is 1. The van der Waals surface area contributed by atoms with Crippen LogP contribution in [0.2, 0.25) is 0 Å². The van der Waals surface area contributed by atoms with Crippen molar-refractivity contribution in [1.29, 1.82) is 0 Å². The number of rotatable bonds is 6. The molecule has 0 atom stereocenters. The van der Waals surface area contributed by atoms with Gasteiger partial charge in [-0.15, -0.1) is 0 Å². The average molecular weight is 318 g/mol. The first-order valence-electron chi connectivity index (χ1n) is 7.80. The van der Waals surface area contributed by atoms with Gasteiger partial charge in [0.15, 0.2) is 0 Å². The van der Waals surface area contributed by atoms with Gasteiger partial charge in [0.05, 0.1) is 0 Å². The maximum Gasteiger partial charge on any atom is 0.323 e. The zero-order chi connectivity index (χ0) is 17.0. The molecule has 6 heteroatoms. The lowest BCUT2D eigenvalue weighted by Crippen LogP contribution is -2.38. The van der Waals surface area contributed by atoms with Crippen molar-refractivity contribution in [3.63, 3.8) is 0 Å². The summed E-state index contributed by atoms with van der Waals surface area (Å²) in [6, 6.07) is 6.84. The van der Waals surface area contributed by atoms with Gasteiger partial charge in [-0.2, -0.15) is 0 Å². The number of hydrogen-bond donors (Lipinski definition) is 1. The number of amides is 2. The molecule has 1 aliphatic rings. The van der Waals surface area contributed by atoms with Gasteiger partial charge >= 0.3 is 5.97 Å². The molecule has 2 rings (SSSR count). The summed E-state index contributed by atoms with van der Waals surface area (Å²) >= 11 is 0. The van der Waals surface area contributed by atoms with Gasteiger partial charge in [0.2, 0.25) is 5.91 Å². The van der Waals surface area contributed by atoms with E-state index in [0.29, 0.717) is 30.8 Å². The predicted octanol–water partition coefficient (Wildman–Crippen LogP) is 2.00. The molecule has 1 N–H and O–H groups in total. The fourth-order valence-corrected chi connectivity index (χ4v) is 2.73. The number of carbonyl (C=O) groups excluding carboxylic acids is 2. The fourth-order valence-electron chi connectivity index (χ4n) is 2.73. The third-order valence-electron chi connectivity index (χ3n) is 3.68. The molecule has 0 radical (unpaired) electrons. The van der Waals surface area contributed by atoms with Crippen LogP contribution in [0.3, 0.4) is 0 Å². The summed E-state index contributed by atoms with van der Waals surface area (Å²) in [5.41, 5.74) is 1.10. The molecule has 1 fully saturated rings. The maximum absolute atomic E-state index is 12.6. The predicted molar refractivity (Wildman–Crippen MR) is 86.4 cm³/mol. The lowest BCUT2D eigenvalue weighted by Gasteiger charge is -2.23. The van der Waals surface area contributed by atoms with E-state index in [-0.39, 0.29) is 24.3 Å². The molecule has 0 saturated carbocycles. The number of hydrogen-bond acceptors (Lipinski definition) is 3. The summed E-state index contributed by atoms with van der Waals surface area (Å²) in [6.45, 7) is 4.56. The van der Waals surface area contributed by atoms with Crippen LogP contribution in [-0.4, -0.2) is 47.4 Å². The molecule has 2 amide bonds. The third kappa shape index (κ3) is 4.31. The van der Waals surface area contributed by atoms with Gasteiger partial charge in [-0.3, -0.25) is 14.4 Å². The van der Waals surface area contributed by atoms with Crippen LogP contribution in [0.5, 0.6) is 0 Å². The van der Waals surface area contributed by atoms with Crippen LogP contribution in [0.1, 0.15) is 37.0 Å². The fraction of sp³-hybridized carbons (Fsp3) is 0.471. The van der Waals surface area contributed by atoms with Crippen molar-refractivity contribution in [1.82, 2.24) is 4.90 Å². The van der Waals surface area contributed by atoms with Crippen molar-refractivity contribution in [2.45, 2.75) is 26.7 Å². The van der Waals surface area contributed by atoms with Crippen LogP contribution in [0.4, 0.5) is 5.69 Å². The standard InChI is InChI=1S/C17H22N2O4/c1-12(2)10-18(11-16(21)22)17(23)13-5-3-6-14(9-13)19-8-4-7-15(19)20/h3,5-6,9,12H,4,7-8,10-11H2,1-2H3,(H,21,22). The monoisotopic (exact) mass is 318 g/mol. The molecule has 0 bridgehead atoms. The first kappa shape index (κ1) is 17.0. The van der Waals surface area contributed by atoms with Crippen LogP contribution >= 0.6 is 0 Å². The van der Waals surface area contributed by atoms with Crippen LogP contribution < -0.4 is 4.90 Å². The number of carbonyl (C=O) groups is 3. The van der Waals surface area contributed by atoms with Crippen molar-refractivity contribution in [2.24, 2.45) is 5.92 Å². The Hall–Kier alpha value is -2.37. The molecule has 1 aromatic carbocycles. The van der Waals surface area contributed by atoms with Gasteiger partial charge in [0.1, 0.15) is 6.54 Å². The van der Waals surface area contributed by atoms with E-state index in [4.69, 9.17) is 5.11 Å². The number of anilines is 1. The number of carboxylic acid groups (broad SMARTS) is 1. The van der Waals surface area contributed by atoms with Crippen LogP contribution in [0.15, 0.2) is 24.3 Å². The van der Waals surface area contributed by atoms with E-state index >= 15 is 0 Å². The SMILES string of the molecule is CC(C)CN(CC(=O)O)C(=O)c1cccc(N2CCCC2=O)c1. The Labute approximate surface area is 135 Å². The van der Waals surface area contributed by atoms with Crippen LogP contribution in [0.25, 0.3) is 0 Å². The first-order chi connectivity index (χ1) is 10.9. The third-order valence-corrected chi connectivity index (χ3v) is 3.68. The van der Waals surface area contributed by atoms with Crippen molar-refractivity contribution in [2.75, 3.05) is 24.5 Å². The molecule has 1 saturated heterocycles. The van der Waals surface area contributed by atoms with E-state index in [9.17, 15) is 14.4 Å². The highest BCUT2D eigenvalue weighted by molar-refractivity contribution is 5.99. The molecule has 1 aromatic rings. The molecule has 23 heavy (non-hydrogen) atoms. The van der Waals surface area contributed by atoms with E-state index in [1.165, 1.54) is 4.90 Å². The Morgan fingerprint density at radius 1 is 1.35 bits per heavy atom. The molecule has 1 heterocycles. The lowest BCUT2D eigenvalue weighted by atomic mass is 10.1. The Morgan fingerprint density at radius 3 is 2.65 bits per heavy atom. The van der Waals surface area contributed by atoms with E-state index in [1.807, 2.05) is 13.8 Å². The van der Waals surface area contributed by atoms with Gasteiger partial charge in [0, 0.05) is 30.8 Å².